The summed E-state index contributed by atoms with van der Waals surface area (Å²) in [6.45, 7) is 3.27. The number of nitriles is 1. The van der Waals surface area contributed by atoms with Crippen LogP contribution < -0.4 is 4.74 Å². The Morgan fingerprint density at radius 3 is 2.90 bits per heavy atom. The maximum atomic E-state index is 12.8. The van der Waals surface area contributed by atoms with Crippen molar-refractivity contribution in [1.29, 1.82) is 5.26 Å². The number of benzene rings is 1. The van der Waals surface area contributed by atoms with E-state index in [-0.39, 0.29) is 11.9 Å². The van der Waals surface area contributed by atoms with E-state index in [0.29, 0.717) is 22.6 Å². The highest BCUT2D eigenvalue weighted by Gasteiger charge is 2.54. The van der Waals surface area contributed by atoms with Crippen LogP contribution in [0.4, 0.5) is 4.79 Å². The van der Waals surface area contributed by atoms with Crippen LogP contribution >= 0.6 is 0 Å². The van der Waals surface area contributed by atoms with Gasteiger partial charge in [-0.2, -0.15) is 10.4 Å². The first-order valence-corrected chi connectivity index (χ1v) is 10.6. The molecule has 3 aliphatic rings. The number of carbonyl (C=O) groups is 1. The van der Waals surface area contributed by atoms with Crippen LogP contribution in [0.3, 0.4) is 0 Å². The van der Waals surface area contributed by atoms with E-state index in [4.69, 9.17) is 10.00 Å². The topological polar surface area (TPSA) is 98.1 Å². The number of H-pyrrole nitrogens is 1. The second-order valence-electron chi connectivity index (χ2n) is 9.07. The molecular formula is C22H26N6O2. The Morgan fingerprint density at radius 1 is 1.37 bits per heavy atom. The van der Waals surface area contributed by atoms with Crippen LogP contribution in [0.25, 0.3) is 0 Å². The zero-order valence-electron chi connectivity index (χ0n) is 17.2. The molecule has 2 amide bonds. The summed E-state index contributed by atoms with van der Waals surface area (Å²) in [5.41, 5.74) is 2.11. The molecule has 2 aromatic rings. The molecule has 1 spiro atoms. The summed E-state index contributed by atoms with van der Waals surface area (Å²) >= 11 is 0. The van der Waals surface area contributed by atoms with E-state index in [1.54, 1.807) is 7.11 Å². The number of aromatic amines is 1. The smallest absolute Gasteiger partial charge is 0.320 e. The molecule has 3 heterocycles. The van der Waals surface area contributed by atoms with Gasteiger partial charge in [0.2, 0.25) is 0 Å². The number of urea groups is 1. The Kier molecular flexibility index (Phi) is 4.61. The molecule has 156 valence electrons. The monoisotopic (exact) mass is 406 g/mol. The summed E-state index contributed by atoms with van der Waals surface area (Å²) in [4.78, 5) is 21.0. The van der Waals surface area contributed by atoms with Crippen molar-refractivity contribution in [3.63, 3.8) is 0 Å². The summed E-state index contributed by atoms with van der Waals surface area (Å²) in [5.74, 6) is 2.44. The van der Waals surface area contributed by atoms with Gasteiger partial charge in [-0.25, -0.2) is 9.78 Å². The predicted molar refractivity (Wildman–Crippen MR) is 109 cm³/mol. The second-order valence-corrected chi connectivity index (χ2v) is 9.07. The molecule has 2 aliphatic heterocycles. The molecule has 0 bridgehead atoms. The first-order valence-electron chi connectivity index (χ1n) is 10.6. The molecule has 3 fully saturated rings. The third-order valence-corrected chi connectivity index (χ3v) is 6.96. The standard InChI is InChI=1S/C22H26N6O2/c1-30-19-7-15(2-3-17(19)10-23)6-16-8-22(9-16)12-28(13-22)21(29)27-5-4-18(11-27)20-24-14-25-26-20/h2-3,7,14,16,18H,4-6,8-9,11-13H2,1H3,(H,24,25,26)/t18-/m0/s1. The lowest BCUT2D eigenvalue weighted by Gasteiger charge is -2.59. The van der Waals surface area contributed by atoms with Crippen LogP contribution in [0.2, 0.25) is 0 Å². The van der Waals surface area contributed by atoms with Gasteiger partial charge in [-0.3, -0.25) is 5.10 Å². The van der Waals surface area contributed by atoms with E-state index in [9.17, 15) is 4.79 Å². The van der Waals surface area contributed by atoms with Crippen molar-refractivity contribution in [3.05, 3.63) is 41.5 Å². The number of rotatable bonds is 4. The van der Waals surface area contributed by atoms with Crippen molar-refractivity contribution in [1.82, 2.24) is 25.0 Å². The van der Waals surface area contributed by atoms with Crippen LogP contribution in [-0.4, -0.2) is 64.3 Å². The van der Waals surface area contributed by atoms with Gasteiger partial charge in [0.15, 0.2) is 0 Å². The third-order valence-electron chi connectivity index (χ3n) is 6.96. The van der Waals surface area contributed by atoms with Crippen molar-refractivity contribution in [2.24, 2.45) is 11.3 Å². The molecule has 1 aliphatic carbocycles. The summed E-state index contributed by atoms with van der Waals surface area (Å²) in [5, 5.41) is 16.0. The van der Waals surface area contributed by atoms with Gasteiger partial charge < -0.3 is 14.5 Å². The Balaban J connectivity index is 1.10. The number of carbonyl (C=O) groups excluding carboxylic acids is 1. The number of aromatic nitrogens is 3. The number of ether oxygens (including phenoxy) is 1. The third kappa shape index (κ3) is 3.28. The van der Waals surface area contributed by atoms with Gasteiger partial charge in [0.05, 0.1) is 12.7 Å². The number of amides is 2. The molecule has 1 aromatic heterocycles. The number of nitrogens with one attached hydrogen (secondary N) is 1. The van der Waals surface area contributed by atoms with Crippen molar-refractivity contribution in [3.8, 4) is 11.8 Å². The lowest BCUT2D eigenvalue weighted by atomic mass is 9.56. The van der Waals surface area contributed by atoms with E-state index >= 15 is 0 Å². The molecule has 1 aromatic carbocycles. The molecule has 2 saturated heterocycles. The number of nitrogens with zero attached hydrogens (tertiary/aromatic N) is 5. The maximum Gasteiger partial charge on any atom is 0.320 e. The number of hydrogen-bond acceptors (Lipinski definition) is 5. The number of methoxy groups -OCH3 is 1. The minimum absolute atomic E-state index is 0.169. The fourth-order valence-corrected chi connectivity index (χ4v) is 5.52. The van der Waals surface area contributed by atoms with Crippen LogP contribution in [-0.2, 0) is 6.42 Å². The normalized spacial score (nSPS) is 22.5. The summed E-state index contributed by atoms with van der Waals surface area (Å²) < 4.78 is 5.32. The highest BCUT2D eigenvalue weighted by Crippen LogP contribution is 2.53. The Bertz CT molecular complexity index is 968. The summed E-state index contributed by atoms with van der Waals surface area (Å²) in [6, 6.07) is 8.19. The van der Waals surface area contributed by atoms with Crippen molar-refractivity contribution >= 4 is 6.03 Å². The Hall–Kier alpha value is -3.08. The van der Waals surface area contributed by atoms with Gasteiger partial charge >= 0.3 is 6.03 Å². The minimum Gasteiger partial charge on any atom is -0.495 e. The van der Waals surface area contributed by atoms with Gasteiger partial charge in [0.1, 0.15) is 24.0 Å². The summed E-state index contributed by atoms with van der Waals surface area (Å²) in [6.07, 6.45) is 5.80. The van der Waals surface area contributed by atoms with E-state index < -0.39 is 0 Å². The number of likely N-dealkylation sites (tertiary alicyclic amines) is 2. The Morgan fingerprint density at radius 2 is 2.20 bits per heavy atom. The van der Waals surface area contributed by atoms with E-state index in [1.807, 2.05) is 28.0 Å². The fraction of sp³-hybridized carbons (Fsp3) is 0.545. The average Bonchev–Trinajstić information content (AvgIpc) is 3.39. The highest BCUT2D eigenvalue weighted by molar-refractivity contribution is 5.76. The van der Waals surface area contributed by atoms with Gasteiger partial charge in [0.25, 0.3) is 0 Å². The quantitative estimate of drug-likeness (QED) is 0.841. The van der Waals surface area contributed by atoms with E-state index in [2.05, 4.69) is 21.3 Å². The van der Waals surface area contributed by atoms with Crippen molar-refractivity contribution in [2.75, 3.05) is 33.3 Å². The SMILES string of the molecule is COc1cc(CC2CC3(C2)CN(C(=O)N2CC[C@H](c4ncn[nH]4)C2)C3)ccc1C#N. The molecule has 8 nitrogen and oxygen atoms in total. The molecule has 1 saturated carbocycles. The molecule has 8 heteroatoms. The average molecular weight is 406 g/mol. The minimum atomic E-state index is 0.169. The Labute approximate surface area is 175 Å². The van der Waals surface area contributed by atoms with Crippen LogP contribution in [0, 0.1) is 22.7 Å². The predicted octanol–water partition coefficient (Wildman–Crippen LogP) is 2.55. The van der Waals surface area contributed by atoms with Gasteiger partial charge in [-0.15, -0.1) is 0 Å². The fourth-order valence-electron chi connectivity index (χ4n) is 5.52. The molecule has 0 unspecified atom stereocenters. The lowest BCUT2D eigenvalue weighted by Crippen LogP contribution is -2.65. The first kappa shape index (κ1) is 18.9. The van der Waals surface area contributed by atoms with Gasteiger partial charge in [-0.05, 0) is 49.3 Å². The molecule has 5 rings (SSSR count). The first-order chi connectivity index (χ1) is 14.6. The van der Waals surface area contributed by atoms with Crippen LogP contribution in [0.5, 0.6) is 5.75 Å². The number of hydrogen-bond donors (Lipinski definition) is 1. The molecular weight excluding hydrogens is 380 g/mol. The second kappa shape index (κ2) is 7.31. The molecule has 0 radical (unpaired) electrons. The van der Waals surface area contributed by atoms with Gasteiger partial charge in [0, 0.05) is 37.5 Å². The van der Waals surface area contributed by atoms with Crippen molar-refractivity contribution < 1.29 is 9.53 Å². The zero-order chi connectivity index (χ0) is 20.7. The largest absolute Gasteiger partial charge is 0.495 e. The van der Waals surface area contributed by atoms with Crippen molar-refractivity contribution in [2.45, 2.75) is 31.6 Å². The zero-order valence-corrected chi connectivity index (χ0v) is 17.2. The van der Waals surface area contributed by atoms with Gasteiger partial charge in [-0.1, -0.05) is 6.07 Å². The van der Waals surface area contributed by atoms with Crippen LogP contribution in [0.1, 0.15) is 42.1 Å². The molecule has 1 atom stereocenters. The van der Waals surface area contributed by atoms with Crippen LogP contribution in [0.15, 0.2) is 24.5 Å². The molecule has 30 heavy (non-hydrogen) atoms. The maximum absolute atomic E-state index is 12.8. The summed E-state index contributed by atoms with van der Waals surface area (Å²) in [7, 11) is 1.60. The highest BCUT2D eigenvalue weighted by atomic mass is 16.5. The molecule has 1 N–H and O–H groups in total. The van der Waals surface area contributed by atoms with E-state index in [0.717, 1.165) is 44.8 Å². The van der Waals surface area contributed by atoms with E-state index in [1.165, 1.54) is 24.7 Å². The lowest BCUT2D eigenvalue weighted by molar-refractivity contribution is -0.0754.